The molecular weight excluding hydrogens is 258 g/mol. The van der Waals surface area contributed by atoms with E-state index in [1.807, 2.05) is 31.2 Å². The van der Waals surface area contributed by atoms with Gasteiger partial charge in [-0.1, -0.05) is 30.7 Å². The first-order valence-electron chi connectivity index (χ1n) is 5.64. The quantitative estimate of drug-likeness (QED) is 0.867. The van der Waals surface area contributed by atoms with Gasteiger partial charge in [-0.2, -0.15) is 0 Å². The van der Waals surface area contributed by atoms with E-state index >= 15 is 0 Å². The molecular formula is C12H18ClNO2S. The molecule has 0 amide bonds. The zero-order chi connectivity index (χ0) is 12.9. The van der Waals surface area contributed by atoms with Crippen LogP contribution in [0, 0.1) is 0 Å². The highest BCUT2D eigenvalue weighted by Crippen LogP contribution is 2.16. The molecule has 1 atom stereocenters. The maximum atomic E-state index is 11.3. The summed E-state index contributed by atoms with van der Waals surface area (Å²) in [4.78, 5) is 0. The van der Waals surface area contributed by atoms with Crippen LogP contribution < -0.4 is 5.32 Å². The van der Waals surface area contributed by atoms with Gasteiger partial charge >= 0.3 is 0 Å². The third kappa shape index (κ3) is 5.06. The molecule has 0 saturated carbocycles. The van der Waals surface area contributed by atoms with Gasteiger partial charge in [-0.05, 0) is 24.6 Å². The second kappa shape index (κ2) is 6.38. The highest BCUT2D eigenvalue weighted by atomic mass is 35.5. The maximum Gasteiger partial charge on any atom is 0.151 e. The van der Waals surface area contributed by atoms with E-state index in [1.54, 1.807) is 6.92 Å². The lowest BCUT2D eigenvalue weighted by molar-refractivity contribution is 0.573. The number of rotatable bonds is 6. The van der Waals surface area contributed by atoms with E-state index < -0.39 is 9.84 Å². The second-order valence-corrected chi connectivity index (χ2v) is 6.88. The first-order valence-corrected chi connectivity index (χ1v) is 7.84. The molecule has 1 unspecified atom stereocenters. The highest BCUT2D eigenvalue weighted by Gasteiger charge is 2.09. The molecule has 0 aliphatic rings. The number of hydrogen-bond acceptors (Lipinski definition) is 3. The van der Waals surface area contributed by atoms with Crippen LogP contribution in [0.2, 0.25) is 5.02 Å². The van der Waals surface area contributed by atoms with Crippen LogP contribution in [0.5, 0.6) is 0 Å². The smallest absolute Gasteiger partial charge is 0.151 e. The van der Waals surface area contributed by atoms with Gasteiger partial charge < -0.3 is 5.32 Å². The number of sulfone groups is 1. The van der Waals surface area contributed by atoms with Crippen LogP contribution in [0.3, 0.4) is 0 Å². The molecule has 1 N–H and O–H groups in total. The van der Waals surface area contributed by atoms with Crippen molar-refractivity contribution in [2.24, 2.45) is 0 Å². The summed E-state index contributed by atoms with van der Waals surface area (Å²) in [5, 5.41) is 3.87. The average Bonchev–Trinajstić information content (AvgIpc) is 2.28. The lowest BCUT2D eigenvalue weighted by atomic mass is 10.1. The minimum atomic E-state index is -2.89. The van der Waals surface area contributed by atoms with E-state index in [1.165, 1.54) is 0 Å². The predicted octanol–water partition coefficient (Wildman–Crippen LogP) is 2.43. The first-order chi connectivity index (χ1) is 7.94. The first kappa shape index (κ1) is 14.5. The largest absolute Gasteiger partial charge is 0.309 e. The molecule has 0 fully saturated rings. The SMILES string of the molecule is CCS(=O)(=O)CCNC(C)c1cccc(Cl)c1. The zero-order valence-electron chi connectivity index (χ0n) is 10.1. The third-order valence-electron chi connectivity index (χ3n) is 2.65. The Morgan fingerprint density at radius 2 is 2.12 bits per heavy atom. The number of nitrogens with one attached hydrogen (secondary N) is 1. The van der Waals surface area contributed by atoms with Crippen LogP contribution in [0.25, 0.3) is 0 Å². The van der Waals surface area contributed by atoms with Crippen molar-refractivity contribution in [3.8, 4) is 0 Å². The van der Waals surface area contributed by atoms with E-state index in [0.29, 0.717) is 11.6 Å². The second-order valence-electron chi connectivity index (χ2n) is 3.97. The normalized spacial score (nSPS) is 13.6. The molecule has 0 aromatic heterocycles. The lowest BCUT2D eigenvalue weighted by Gasteiger charge is -2.14. The Morgan fingerprint density at radius 3 is 2.71 bits per heavy atom. The fraction of sp³-hybridized carbons (Fsp3) is 0.500. The standard InChI is InChI=1S/C12H18ClNO2S/c1-3-17(15,16)8-7-14-10(2)11-5-4-6-12(13)9-11/h4-6,9-10,14H,3,7-8H2,1-2H3. The Labute approximate surface area is 108 Å². The van der Waals surface area contributed by atoms with Crippen LogP contribution in [0.15, 0.2) is 24.3 Å². The Morgan fingerprint density at radius 1 is 1.41 bits per heavy atom. The van der Waals surface area contributed by atoms with Gasteiger partial charge in [0, 0.05) is 23.4 Å². The summed E-state index contributed by atoms with van der Waals surface area (Å²) in [6.07, 6.45) is 0. The minimum Gasteiger partial charge on any atom is -0.309 e. The van der Waals surface area contributed by atoms with Gasteiger partial charge in [0.15, 0.2) is 9.84 Å². The van der Waals surface area contributed by atoms with Crippen molar-refractivity contribution >= 4 is 21.4 Å². The average molecular weight is 276 g/mol. The Balaban J connectivity index is 2.48. The van der Waals surface area contributed by atoms with Crippen molar-refractivity contribution in [2.75, 3.05) is 18.1 Å². The fourth-order valence-electron chi connectivity index (χ4n) is 1.47. The summed E-state index contributed by atoms with van der Waals surface area (Å²) in [5.74, 6) is 0.370. The third-order valence-corrected chi connectivity index (χ3v) is 4.59. The summed E-state index contributed by atoms with van der Waals surface area (Å²) in [5.41, 5.74) is 1.06. The zero-order valence-corrected chi connectivity index (χ0v) is 11.7. The summed E-state index contributed by atoms with van der Waals surface area (Å²) in [6, 6.07) is 7.66. The molecule has 0 saturated heterocycles. The van der Waals surface area contributed by atoms with Crippen LogP contribution in [0.1, 0.15) is 25.5 Å². The van der Waals surface area contributed by atoms with E-state index in [9.17, 15) is 8.42 Å². The number of benzene rings is 1. The van der Waals surface area contributed by atoms with Crippen molar-refractivity contribution in [2.45, 2.75) is 19.9 Å². The van der Waals surface area contributed by atoms with Crippen LogP contribution in [-0.4, -0.2) is 26.5 Å². The van der Waals surface area contributed by atoms with Crippen LogP contribution >= 0.6 is 11.6 Å². The number of hydrogen-bond donors (Lipinski definition) is 1. The lowest BCUT2D eigenvalue weighted by Crippen LogP contribution is -2.26. The van der Waals surface area contributed by atoms with Gasteiger partial charge in [-0.3, -0.25) is 0 Å². The minimum absolute atomic E-state index is 0.0979. The molecule has 0 aliphatic carbocycles. The van der Waals surface area contributed by atoms with Gasteiger partial charge in [0.1, 0.15) is 0 Å². The van der Waals surface area contributed by atoms with E-state index in [0.717, 1.165) is 5.56 Å². The van der Waals surface area contributed by atoms with Crippen LogP contribution in [0.4, 0.5) is 0 Å². The highest BCUT2D eigenvalue weighted by molar-refractivity contribution is 7.91. The van der Waals surface area contributed by atoms with E-state index in [2.05, 4.69) is 5.32 Å². The molecule has 0 spiro atoms. The molecule has 1 rings (SSSR count). The summed E-state index contributed by atoms with van der Waals surface area (Å²) < 4.78 is 22.6. The Hall–Kier alpha value is -0.580. The van der Waals surface area contributed by atoms with Crippen molar-refractivity contribution in [1.29, 1.82) is 0 Å². The summed E-state index contributed by atoms with van der Waals surface area (Å²) >= 11 is 5.89. The molecule has 0 aliphatic heterocycles. The van der Waals surface area contributed by atoms with Crippen molar-refractivity contribution in [3.63, 3.8) is 0 Å². The Kier molecular flexibility index (Phi) is 5.43. The molecule has 0 bridgehead atoms. The number of halogens is 1. The summed E-state index contributed by atoms with van der Waals surface area (Å²) in [6.45, 7) is 4.11. The molecule has 1 aromatic rings. The van der Waals surface area contributed by atoms with Crippen LogP contribution in [-0.2, 0) is 9.84 Å². The van der Waals surface area contributed by atoms with E-state index in [-0.39, 0.29) is 17.5 Å². The maximum absolute atomic E-state index is 11.3. The van der Waals surface area contributed by atoms with Crippen molar-refractivity contribution in [1.82, 2.24) is 5.32 Å². The molecule has 17 heavy (non-hydrogen) atoms. The predicted molar refractivity (Wildman–Crippen MR) is 72.2 cm³/mol. The molecule has 96 valence electrons. The van der Waals surface area contributed by atoms with Gasteiger partial charge in [0.05, 0.1) is 5.75 Å². The van der Waals surface area contributed by atoms with Crippen molar-refractivity contribution < 1.29 is 8.42 Å². The fourth-order valence-corrected chi connectivity index (χ4v) is 2.39. The van der Waals surface area contributed by atoms with Gasteiger partial charge in [-0.25, -0.2) is 8.42 Å². The Bertz CT molecular complexity index is 459. The molecule has 3 nitrogen and oxygen atoms in total. The monoisotopic (exact) mass is 275 g/mol. The summed E-state index contributed by atoms with van der Waals surface area (Å²) in [7, 11) is -2.89. The topological polar surface area (TPSA) is 46.2 Å². The van der Waals surface area contributed by atoms with Crippen molar-refractivity contribution in [3.05, 3.63) is 34.9 Å². The van der Waals surface area contributed by atoms with E-state index in [4.69, 9.17) is 11.6 Å². The van der Waals surface area contributed by atoms with Gasteiger partial charge in [0.25, 0.3) is 0 Å². The van der Waals surface area contributed by atoms with Gasteiger partial charge in [-0.15, -0.1) is 0 Å². The molecule has 5 heteroatoms. The molecule has 0 radical (unpaired) electrons. The molecule has 1 aromatic carbocycles. The molecule has 0 heterocycles. The van der Waals surface area contributed by atoms with Gasteiger partial charge in [0.2, 0.25) is 0 Å².